The summed E-state index contributed by atoms with van der Waals surface area (Å²) in [6.45, 7) is 8.72. The number of hydrogen-bond acceptors (Lipinski definition) is 3. The fourth-order valence-corrected chi connectivity index (χ4v) is 3.69. The number of fused-ring (bicyclic) bond motifs is 1. The number of rotatable bonds is 7. The van der Waals surface area contributed by atoms with Crippen molar-refractivity contribution in [2.75, 3.05) is 7.11 Å². The predicted octanol–water partition coefficient (Wildman–Crippen LogP) is 6.17. The molecule has 3 aromatic rings. The topological polar surface area (TPSA) is 39.4 Å². The van der Waals surface area contributed by atoms with Gasteiger partial charge in [0.2, 0.25) is 0 Å². The van der Waals surface area contributed by atoms with Crippen molar-refractivity contribution < 1.29 is 9.15 Å². The van der Waals surface area contributed by atoms with Crippen molar-refractivity contribution in [2.24, 2.45) is 0 Å². The van der Waals surface area contributed by atoms with Crippen LogP contribution in [0.5, 0.6) is 5.75 Å². The Morgan fingerprint density at radius 3 is 2.50 bits per heavy atom. The third-order valence-corrected chi connectivity index (χ3v) is 5.69. The molecule has 0 aliphatic heterocycles. The van der Waals surface area contributed by atoms with Crippen LogP contribution in [0.3, 0.4) is 0 Å². The minimum atomic E-state index is -0.277. The van der Waals surface area contributed by atoms with Gasteiger partial charge in [0, 0.05) is 12.0 Å². The van der Waals surface area contributed by atoms with Crippen LogP contribution in [0.25, 0.3) is 11.0 Å². The van der Waals surface area contributed by atoms with Gasteiger partial charge in [-0.05, 0) is 53.6 Å². The first-order valence-electron chi connectivity index (χ1n) is 10.1. The summed E-state index contributed by atoms with van der Waals surface area (Å²) in [5.41, 5.74) is 4.40. The molecule has 1 aromatic heterocycles. The number of benzene rings is 2. The number of unbranched alkanes of at least 4 members (excludes halogenated alkanes) is 1. The van der Waals surface area contributed by atoms with Crippen LogP contribution in [0, 0.1) is 6.92 Å². The first-order valence-corrected chi connectivity index (χ1v) is 10.1. The van der Waals surface area contributed by atoms with Crippen LogP contribution in [0.15, 0.2) is 51.7 Å². The van der Waals surface area contributed by atoms with Crippen LogP contribution < -0.4 is 10.4 Å². The predicted molar refractivity (Wildman–Crippen MR) is 116 cm³/mol. The molecule has 28 heavy (non-hydrogen) atoms. The highest BCUT2D eigenvalue weighted by Gasteiger charge is 2.23. The average Bonchev–Trinajstić information content (AvgIpc) is 2.67. The molecule has 0 radical (unpaired) electrons. The van der Waals surface area contributed by atoms with E-state index >= 15 is 0 Å². The van der Waals surface area contributed by atoms with Crippen LogP contribution >= 0.6 is 0 Å². The largest absolute Gasteiger partial charge is 0.496 e. The fourth-order valence-electron chi connectivity index (χ4n) is 3.69. The molecule has 148 valence electrons. The first-order chi connectivity index (χ1) is 13.4. The van der Waals surface area contributed by atoms with E-state index in [4.69, 9.17) is 9.15 Å². The molecule has 0 spiro atoms. The van der Waals surface area contributed by atoms with Crippen LogP contribution in [0.4, 0.5) is 0 Å². The van der Waals surface area contributed by atoms with Gasteiger partial charge in [0.1, 0.15) is 11.3 Å². The summed E-state index contributed by atoms with van der Waals surface area (Å²) < 4.78 is 11.4. The fraction of sp³-hybridized carbons (Fsp3) is 0.400. The quantitative estimate of drug-likeness (QED) is 0.462. The first kappa shape index (κ1) is 20.2. The van der Waals surface area contributed by atoms with E-state index in [0.717, 1.165) is 41.5 Å². The molecular weight excluding hydrogens is 348 g/mol. The van der Waals surface area contributed by atoms with Gasteiger partial charge >= 0.3 is 5.63 Å². The summed E-state index contributed by atoms with van der Waals surface area (Å²) in [6, 6.07) is 14.1. The minimum Gasteiger partial charge on any atom is -0.496 e. The molecule has 3 heteroatoms. The highest BCUT2D eigenvalue weighted by Crippen LogP contribution is 2.36. The Bertz CT molecular complexity index is 1030. The van der Waals surface area contributed by atoms with E-state index in [-0.39, 0.29) is 11.0 Å². The van der Waals surface area contributed by atoms with Gasteiger partial charge in [-0.3, -0.25) is 0 Å². The summed E-state index contributed by atoms with van der Waals surface area (Å²) >= 11 is 0. The Balaban J connectivity index is 2.08. The molecule has 0 aliphatic carbocycles. The maximum Gasteiger partial charge on any atom is 0.339 e. The maximum atomic E-state index is 12.7. The molecule has 0 saturated heterocycles. The van der Waals surface area contributed by atoms with Gasteiger partial charge in [0.15, 0.2) is 0 Å². The number of hydrogen-bond donors (Lipinski definition) is 0. The second-order valence-corrected chi connectivity index (χ2v) is 8.24. The number of ether oxygens (including phenoxy) is 1. The third-order valence-electron chi connectivity index (χ3n) is 5.69. The highest BCUT2D eigenvalue weighted by atomic mass is 16.5. The van der Waals surface area contributed by atoms with Crippen LogP contribution in [0.1, 0.15) is 62.3 Å². The van der Waals surface area contributed by atoms with Gasteiger partial charge in [-0.15, -0.1) is 0 Å². The summed E-state index contributed by atoms with van der Waals surface area (Å²) in [5, 5.41) is 0.848. The molecule has 0 N–H and O–H groups in total. The van der Waals surface area contributed by atoms with Gasteiger partial charge in [0.05, 0.1) is 12.5 Å². The number of methoxy groups -OCH3 is 1. The molecule has 0 aliphatic rings. The van der Waals surface area contributed by atoms with Crippen molar-refractivity contribution in [3.63, 3.8) is 0 Å². The summed E-state index contributed by atoms with van der Waals surface area (Å²) in [5.74, 6) is 0.756. The van der Waals surface area contributed by atoms with Crippen molar-refractivity contribution >= 4 is 11.0 Å². The standard InChI is InChI=1S/C25H30O3/c1-6-7-12-25(3,4)20-15-22(27-5)21-14-19(24(26)28-23(21)16-20)13-18-11-9-8-10-17(18)2/h8-11,14-16H,6-7,12-13H2,1-5H3. The monoisotopic (exact) mass is 378 g/mol. The highest BCUT2D eigenvalue weighted by molar-refractivity contribution is 5.85. The van der Waals surface area contributed by atoms with Gasteiger partial charge in [-0.2, -0.15) is 0 Å². The lowest BCUT2D eigenvalue weighted by Gasteiger charge is -2.26. The molecule has 0 unspecified atom stereocenters. The Kier molecular flexibility index (Phi) is 5.93. The normalized spacial score (nSPS) is 11.8. The molecule has 1 heterocycles. The Morgan fingerprint density at radius 2 is 1.82 bits per heavy atom. The molecule has 0 bridgehead atoms. The summed E-state index contributed by atoms with van der Waals surface area (Å²) in [7, 11) is 1.67. The lowest BCUT2D eigenvalue weighted by Crippen LogP contribution is -2.17. The Labute approximate surface area is 167 Å². The van der Waals surface area contributed by atoms with Crippen LogP contribution in [-0.4, -0.2) is 7.11 Å². The van der Waals surface area contributed by atoms with Crippen molar-refractivity contribution in [1.29, 1.82) is 0 Å². The smallest absolute Gasteiger partial charge is 0.339 e. The van der Waals surface area contributed by atoms with E-state index in [1.54, 1.807) is 7.11 Å². The van der Waals surface area contributed by atoms with Crippen LogP contribution in [-0.2, 0) is 11.8 Å². The van der Waals surface area contributed by atoms with E-state index in [0.29, 0.717) is 17.6 Å². The van der Waals surface area contributed by atoms with Gasteiger partial charge in [-0.25, -0.2) is 4.79 Å². The van der Waals surface area contributed by atoms with E-state index < -0.39 is 0 Å². The van der Waals surface area contributed by atoms with Crippen molar-refractivity contribution in [1.82, 2.24) is 0 Å². The van der Waals surface area contributed by atoms with E-state index in [1.165, 1.54) is 5.56 Å². The second kappa shape index (κ2) is 8.22. The van der Waals surface area contributed by atoms with Crippen LogP contribution in [0.2, 0.25) is 0 Å². The van der Waals surface area contributed by atoms with Gasteiger partial charge in [0.25, 0.3) is 0 Å². The molecule has 3 rings (SSSR count). The van der Waals surface area contributed by atoms with Gasteiger partial charge in [-0.1, -0.05) is 57.9 Å². The molecule has 0 amide bonds. The van der Waals surface area contributed by atoms with Crippen molar-refractivity contribution in [2.45, 2.75) is 58.8 Å². The molecular formula is C25H30O3. The third kappa shape index (κ3) is 4.14. The molecule has 0 fully saturated rings. The Morgan fingerprint density at radius 1 is 1.07 bits per heavy atom. The Hall–Kier alpha value is -2.55. The van der Waals surface area contributed by atoms with Crippen molar-refractivity contribution in [3.05, 3.63) is 75.1 Å². The zero-order chi connectivity index (χ0) is 20.3. The second-order valence-electron chi connectivity index (χ2n) is 8.24. The molecule has 0 atom stereocenters. The lowest BCUT2D eigenvalue weighted by atomic mass is 9.80. The van der Waals surface area contributed by atoms with E-state index in [2.05, 4.69) is 45.9 Å². The molecule has 2 aromatic carbocycles. The summed E-state index contributed by atoms with van der Waals surface area (Å²) in [4.78, 5) is 12.7. The average molecular weight is 379 g/mol. The molecule has 3 nitrogen and oxygen atoms in total. The van der Waals surface area contributed by atoms with E-state index in [1.807, 2.05) is 24.3 Å². The van der Waals surface area contributed by atoms with E-state index in [9.17, 15) is 4.79 Å². The van der Waals surface area contributed by atoms with Gasteiger partial charge < -0.3 is 9.15 Å². The minimum absolute atomic E-state index is 0.00410. The zero-order valence-corrected chi connectivity index (χ0v) is 17.6. The molecule has 0 saturated carbocycles. The maximum absolute atomic E-state index is 12.7. The SMILES string of the molecule is CCCCC(C)(C)c1cc(OC)c2cc(Cc3ccccc3C)c(=O)oc2c1. The zero-order valence-electron chi connectivity index (χ0n) is 17.6. The number of aryl methyl sites for hydroxylation is 1. The lowest BCUT2D eigenvalue weighted by molar-refractivity contribution is 0.412. The van der Waals surface area contributed by atoms with Crippen molar-refractivity contribution in [3.8, 4) is 5.75 Å². The summed E-state index contributed by atoms with van der Waals surface area (Å²) in [6.07, 6.45) is 3.95.